The van der Waals surface area contributed by atoms with Gasteiger partial charge in [0.25, 0.3) is 0 Å². The summed E-state index contributed by atoms with van der Waals surface area (Å²) in [6, 6.07) is 17.5. The van der Waals surface area contributed by atoms with Crippen LogP contribution in [-0.2, 0) is 24.1 Å². The minimum Gasteiger partial charge on any atom is -0.377 e. The zero-order valence-corrected chi connectivity index (χ0v) is 22.5. The first-order valence-corrected chi connectivity index (χ1v) is 14.6. The quantitative estimate of drug-likeness (QED) is 0.460. The van der Waals surface area contributed by atoms with Crippen LogP contribution < -0.4 is 15.5 Å². The zero-order chi connectivity index (χ0) is 27.0. The Morgan fingerprint density at radius 3 is 2.38 bits per heavy atom. The van der Waals surface area contributed by atoms with Crippen molar-refractivity contribution in [3.05, 3.63) is 66.4 Å². The molecule has 39 heavy (non-hydrogen) atoms. The molecule has 3 fully saturated rings. The molecule has 2 saturated heterocycles. The number of amides is 2. The van der Waals surface area contributed by atoms with Gasteiger partial charge in [-0.1, -0.05) is 18.2 Å². The Kier molecular flexibility index (Phi) is 6.74. The molecule has 2 aliphatic heterocycles. The van der Waals surface area contributed by atoms with E-state index in [9.17, 15) is 13.2 Å². The van der Waals surface area contributed by atoms with E-state index in [1.165, 1.54) is 0 Å². The molecule has 1 atom stereocenters. The van der Waals surface area contributed by atoms with Gasteiger partial charge in [-0.15, -0.1) is 0 Å². The Balaban J connectivity index is 1.35. The molecule has 3 heterocycles. The number of ether oxygens (including phenoxy) is 2. The first-order chi connectivity index (χ1) is 18.9. The average Bonchev–Trinajstić information content (AvgIpc) is 3.75. The summed E-state index contributed by atoms with van der Waals surface area (Å²) >= 11 is 0. The Bertz CT molecular complexity index is 1460. The first-order valence-electron chi connectivity index (χ1n) is 13.2. The van der Waals surface area contributed by atoms with Gasteiger partial charge in [-0.3, -0.25) is 0 Å². The lowest BCUT2D eigenvalue weighted by molar-refractivity contribution is 0.000735. The second-order valence-corrected chi connectivity index (χ2v) is 12.5. The van der Waals surface area contributed by atoms with Gasteiger partial charge >= 0.3 is 6.03 Å². The van der Waals surface area contributed by atoms with Gasteiger partial charge in [0.15, 0.2) is 15.7 Å². The van der Waals surface area contributed by atoms with Crippen molar-refractivity contribution in [1.82, 2.24) is 15.3 Å². The van der Waals surface area contributed by atoms with E-state index >= 15 is 0 Å². The van der Waals surface area contributed by atoms with Crippen LogP contribution in [0.2, 0.25) is 0 Å². The Morgan fingerprint density at radius 2 is 1.74 bits per heavy atom. The molecule has 0 radical (unpaired) electrons. The van der Waals surface area contributed by atoms with Gasteiger partial charge in [-0.25, -0.2) is 23.2 Å². The number of benzene rings is 2. The highest BCUT2D eigenvalue weighted by Crippen LogP contribution is 2.55. The standard InChI is InChI=1S/C28H31N5O5S/c1-19-16-37-14-13-33(19)25-15-24(28(11-12-28)39(35,36)23-5-3-2-4-6-23)31-26(32-25)20-7-9-21(10-8-20)29-27(34)30-22-17-38-18-22/h2-10,15,19,22H,11-14,16-18H2,1H3,(H2,29,30,34)/t19-/m0/s1. The molecule has 0 spiro atoms. The summed E-state index contributed by atoms with van der Waals surface area (Å²) in [6.07, 6.45) is 1.01. The second kappa shape index (κ2) is 10.2. The Morgan fingerprint density at radius 1 is 1.00 bits per heavy atom. The predicted molar refractivity (Wildman–Crippen MR) is 146 cm³/mol. The number of carbonyl (C=O) groups is 1. The number of nitrogens with zero attached hydrogens (tertiary/aromatic N) is 3. The predicted octanol–water partition coefficient (Wildman–Crippen LogP) is 3.35. The number of sulfone groups is 1. The lowest BCUT2D eigenvalue weighted by Crippen LogP contribution is -2.49. The van der Waals surface area contributed by atoms with Crippen molar-refractivity contribution in [2.24, 2.45) is 0 Å². The van der Waals surface area contributed by atoms with Crippen molar-refractivity contribution in [3.8, 4) is 11.4 Å². The summed E-state index contributed by atoms with van der Waals surface area (Å²) in [4.78, 5) is 24.4. The number of urea groups is 1. The third kappa shape index (κ3) is 4.97. The summed E-state index contributed by atoms with van der Waals surface area (Å²) in [5, 5.41) is 5.67. The van der Waals surface area contributed by atoms with Gasteiger partial charge in [0.1, 0.15) is 10.6 Å². The van der Waals surface area contributed by atoms with Crippen LogP contribution in [-0.4, -0.2) is 69.5 Å². The van der Waals surface area contributed by atoms with Crippen molar-refractivity contribution in [2.45, 2.75) is 41.5 Å². The minimum absolute atomic E-state index is 0.0309. The molecule has 2 N–H and O–H groups in total. The Labute approximate surface area is 227 Å². The minimum atomic E-state index is -3.66. The summed E-state index contributed by atoms with van der Waals surface area (Å²) in [5.74, 6) is 1.13. The highest BCUT2D eigenvalue weighted by molar-refractivity contribution is 7.92. The van der Waals surface area contributed by atoms with Crippen molar-refractivity contribution >= 4 is 27.4 Å². The lowest BCUT2D eigenvalue weighted by atomic mass is 10.1. The highest BCUT2D eigenvalue weighted by Gasteiger charge is 2.58. The molecule has 0 unspecified atom stereocenters. The van der Waals surface area contributed by atoms with Crippen LogP contribution in [0.4, 0.5) is 16.3 Å². The van der Waals surface area contributed by atoms with Crippen molar-refractivity contribution < 1.29 is 22.7 Å². The molecule has 1 saturated carbocycles. The van der Waals surface area contributed by atoms with Gasteiger partial charge in [0.2, 0.25) is 0 Å². The van der Waals surface area contributed by atoms with E-state index in [1.807, 2.05) is 24.3 Å². The molecule has 10 nitrogen and oxygen atoms in total. The number of nitrogens with one attached hydrogen (secondary N) is 2. The van der Waals surface area contributed by atoms with Crippen LogP contribution in [0.1, 0.15) is 25.5 Å². The molecule has 204 valence electrons. The van der Waals surface area contributed by atoms with Gasteiger partial charge in [0.05, 0.1) is 49.1 Å². The van der Waals surface area contributed by atoms with Crippen molar-refractivity contribution in [3.63, 3.8) is 0 Å². The monoisotopic (exact) mass is 549 g/mol. The number of rotatable bonds is 7. The topological polar surface area (TPSA) is 123 Å². The molecular weight excluding hydrogens is 518 g/mol. The van der Waals surface area contributed by atoms with E-state index in [2.05, 4.69) is 22.5 Å². The van der Waals surface area contributed by atoms with Crippen LogP contribution in [0.15, 0.2) is 65.6 Å². The molecule has 0 bridgehead atoms. The van der Waals surface area contributed by atoms with Gasteiger partial charge in [0, 0.05) is 23.9 Å². The molecule has 6 rings (SSSR count). The van der Waals surface area contributed by atoms with Crippen LogP contribution in [0.3, 0.4) is 0 Å². The average molecular weight is 550 g/mol. The maximum absolute atomic E-state index is 13.8. The SMILES string of the molecule is C[C@H]1COCCN1c1cc(C2(S(=O)(=O)c3ccccc3)CC2)nc(-c2ccc(NC(=O)NC3COC3)cc2)n1. The maximum Gasteiger partial charge on any atom is 0.319 e. The highest BCUT2D eigenvalue weighted by atomic mass is 32.2. The third-order valence-electron chi connectivity index (χ3n) is 7.49. The summed E-state index contributed by atoms with van der Waals surface area (Å²) in [5.41, 5.74) is 1.86. The maximum atomic E-state index is 13.8. The zero-order valence-electron chi connectivity index (χ0n) is 21.7. The van der Waals surface area contributed by atoms with Gasteiger partial charge < -0.3 is 25.0 Å². The van der Waals surface area contributed by atoms with E-state index in [0.717, 1.165) is 5.56 Å². The largest absolute Gasteiger partial charge is 0.377 e. The second-order valence-electron chi connectivity index (χ2n) is 10.3. The normalized spacial score (nSPS) is 20.6. The summed E-state index contributed by atoms with van der Waals surface area (Å²) in [7, 11) is -3.66. The first kappa shape index (κ1) is 25.7. The fourth-order valence-electron chi connectivity index (χ4n) is 4.99. The molecule has 2 amide bonds. The number of hydrogen-bond donors (Lipinski definition) is 2. The molecule has 1 aromatic heterocycles. The van der Waals surface area contributed by atoms with E-state index in [0.29, 0.717) is 73.7 Å². The van der Waals surface area contributed by atoms with Crippen molar-refractivity contribution in [2.75, 3.05) is 43.2 Å². The van der Waals surface area contributed by atoms with Crippen LogP contribution >= 0.6 is 0 Å². The lowest BCUT2D eigenvalue weighted by Gasteiger charge is -2.34. The van der Waals surface area contributed by atoms with Crippen LogP contribution in [0.25, 0.3) is 11.4 Å². The van der Waals surface area contributed by atoms with E-state index in [1.54, 1.807) is 36.4 Å². The summed E-state index contributed by atoms with van der Waals surface area (Å²) in [6.45, 7) is 4.89. The number of carbonyl (C=O) groups excluding carboxylic acids is 1. The van der Waals surface area contributed by atoms with Crippen LogP contribution in [0, 0.1) is 0 Å². The van der Waals surface area contributed by atoms with E-state index in [4.69, 9.17) is 19.4 Å². The molecular formula is C28H31N5O5S. The molecule has 11 heteroatoms. The number of morpholine rings is 1. The third-order valence-corrected chi connectivity index (χ3v) is 10.0. The fraction of sp³-hybridized carbons (Fsp3) is 0.393. The molecule has 1 aliphatic carbocycles. The van der Waals surface area contributed by atoms with Crippen LogP contribution in [0.5, 0.6) is 0 Å². The van der Waals surface area contributed by atoms with Crippen molar-refractivity contribution in [1.29, 1.82) is 0 Å². The van der Waals surface area contributed by atoms with Gasteiger partial charge in [-0.2, -0.15) is 0 Å². The number of aromatic nitrogens is 2. The molecule has 3 aliphatic rings. The van der Waals surface area contributed by atoms with E-state index in [-0.39, 0.29) is 18.1 Å². The number of anilines is 2. The number of hydrogen-bond acceptors (Lipinski definition) is 8. The Hall–Kier alpha value is -3.54. The summed E-state index contributed by atoms with van der Waals surface area (Å²) < 4.78 is 37.3. The van der Waals surface area contributed by atoms with Gasteiger partial charge in [-0.05, 0) is 56.2 Å². The fourth-order valence-corrected chi connectivity index (χ4v) is 6.97. The smallest absolute Gasteiger partial charge is 0.319 e. The molecule has 2 aromatic carbocycles. The van der Waals surface area contributed by atoms with E-state index < -0.39 is 14.6 Å². The molecule has 3 aromatic rings.